The quantitative estimate of drug-likeness (QED) is 0.723. The van der Waals surface area contributed by atoms with Gasteiger partial charge in [0.15, 0.2) is 5.82 Å². The van der Waals surface area contributed by atoms with Crippen LogP contribution in [0.25, 0.3) is 11.4 Å². The monoisotopic (exact) mass is 349 g/mol. The van der Waals surface area contributed by atoms with Crippen LogP contribution < -0.4 is 4.74 Å². The molecule has 1 aliphatic heterocycles. The number of carbonyl (C=O) groups is 1. The lowest BCUT2D eigenvalue weighted by Gasteiger charge is -2.18. The molecule has 0 unspecified atom stereocenters. The Morgan fingerprint density at radius 2 is 2.04 bits per heavy atom. The van der Waals surface area contributed by atoms with Crippen LogP contribution in [0.3, 0.4) is 0 Å². The highest BCUT2D eigenvalue weighted by Gasteiger charge is 2.29. The summed E-state index contributed by atoms with van der Waals surface area (Å²) < 4.78 is 7.11. The fourth-order valence-electron chi connectivity index (χ4n) is 3.27. The fourth-order valence-corrected chi connectivity index (χ4v) is 3.27. The average molecular weight is 349 g/mol. The minimum atomic E-state index is -0.0167. The lowest BCUT2D eigenvalue weighted by atomic mass is 10.2. The molecule has 1 fully saturated rings. The maximum absolute atomic E-state index is 12.7. The molecule has 132 valence electrons. The normalized spacial score (nSPS) is 16.7. The molecule has 3 heterocycles. The minimum Gasteiger partial charge on any atom is -0.481 e. The van der Waals surface area contributed by atoms with Crippen molar-refractivity contribution < 1.29 is 9.53 Å². The number of benzene rings is 1. The number of amides is 1. The molecule has 7 nitrogen and oxygen atoms in total. The maximum Gasteiger partial charge on any atom is 0.255 e. The first-order valence-electron chi connectivity index (χ1n) is 8.50. The molecular formula is C19H19N5O2. The molecule has 1 saturated heterocycles. The van der Waals surface area contributed by atoms with E-state index >= 15 is 0 Å². The minimum absolute atomic E-state index is 0.0167. The number of hydrogen-bond acceptors (Lipinski definition) is 5. The van der Waals surface area contributed by atoms with Gasteiger partial charge in [0.05, 0.1) is 18.7 Å². The van der Waals surface area contributed by atoms with Crippen LogP contribution in [0.1, 0.15) is 22.8 Å². The summed E-state index contributed by atoms with van der Waals surface area (Å²) in [6.07, 6.45) is 4.17. The van der Waals surface area contributed by atoms with Crippen molar-refractivity contribution in [2.75, 3.05) is 20.2 Å². The molecule has 1 aliphatic rings. The second kappa shape index (κ2) is 6.95. The fraction of sp³-hybridized carbons (Fsp3) is 0.263. The number of hydrogen-bond donors (Lipinski definition) is 0. The van der Waals surface area contributed by atoms with E-state index < -0.39 is 0 Å². The first kappa shape index (κ1) is 16.3. The molecule has 0 spiro atoms. The number of aromatic nitrogens is 4. The Balaban J connectivity index is 1.51. The van der Waals surface area contributed by atoms with Crippen molar-refractivity contribution in [3.63, 3.8) is 0 Å². The highest BCUT2D eigenvalue weighted by atomic mass is 16.5. The maximum atomic E-state index is 12.7. The summed E-state index contributed by atoms with van der Waals surface area (Å²) in [7, 11) is 1.55. The Bertz CT molecular complexity index is 892. The molecule has 2 aromatic heterocycles. The first-order valence-corrected chi connectivity index (χ1v) is 8.50. The van der Waals surface area contributed by atoms with Gasteiger partial charge < -0.3 is 14.2 Å². The smallest absolute Gasteiger partial charge is 0.255 e. The molecule has 0 bridgehead atoms. The van der Waals surface area contributed by atoms with Crippen LogP contribution in [0.2, 0.25) is 0 Å². The van der Waals surface area contributed by atoms with Gasteiger partial charge in [0.2, 0.25) is 5.88 Å². The Labute approximate surface area is 151 Å². The van der Waals surface area contributed by atoms with Crippen LogP contribution in [0.4, 0.5) is 0 Å². The Morgan fingerprint density at radius 3 is 2.77 bits per heavy atom. The number of nitrogens with zero attached hydrogens (tertiary/aromatic N) is 5. The summed E-state index contributed by atoms with van der Waals surface area (Å²) in [5.74, 6) is 1.31. The van der Waals surface area contributed by atoms with Gasteiger partial charge in [0, 0.05) is 30.9 Å². The highest BCUT2D eigenvalue weighted by molar-refractivity contribution is 5.94. The van der Waals surface area contributed by atoms with E-state index in [9.17, 15) is 4.79 Å². The van der Waals surface area contributed by atoms with Gasteiger partial charge in [-0.1, -0.05) is 30.3 Å². The van der Waals surface area contributed by atoms with Crippen LogP contribution in [0.15, 0.2) is 55.0 Å². The zero-order valence-corrected chi connectivity index (χ0v) is 14.4. The average Bonchev–Trinajstić information content (AvgIpc) is 3.37. The molecule has 7 heteroatoms. The third kappa shape index (κ3) is 3.03. The second-order valence-electron chi connectivity index (χ2n) is 6.21. The Hall–Kier alpha value is -3.22. The number of ether oxygens (including phenoxy) is 1. The molecule has 1 aromatic carbocycles. The summed E-state index contributed by atoms with van der Waals surface area (Å²) in [5, 5.41) is 8.34. The van der Waals surface area contributed by atoms with Crippen LogP contribution in [0.5, 0.6) is 5.88 Å². The SMILES string of the molecule is COc1ccc(C(=O)N2CC[C@H](n3cnnc3-c3ccccc3)C2)cn1. The molecule has 4 rings (SSSR count). The van der Waals surface area contributed by atoms with Gasteiger partial charge in [-0.15, -0.1) is 10.2 Å². The van der Waals surface area contributed by atoms with E-state index in [1.807, 2.05) is 35.2 Å². The van der Waals surface area contributed by atoms with Crippen LogP contribution in [-0.2, 0) is 0 Å². The van der Waals surface area contributed by atoms with E-state index in [2.05, 4.69) is 19.7 Å². The van der Waals surface area contributed by atoms with Crippen molar-refractivity contribution in [3.05, 3.63) is 60.6 Å². The van der Waals surface area contributed by atoms with Crippen LogP contribution >= 0.6 is 0 Å². The van der Waals surface area contributed by atoms with E-state index in [-0.39, 0.29) is 11.9 Å². The van der Waals surface area contributed by atoms with Crippen LogP contribution in [0, 0.1) is 0 Å². The van der Waals surface area contributed by atoms with Crippen molar-refractivity contribution in [1.82, 2.24) is 24.6 Å². The Kier molecular flexibility index (Phi) is 4.35. The molecule has 1 amide bonds. The predicted molar refractivity (Wildman–Crippen MR) is 95.8 cm³/mol. The zero-order valence-electron chi connectivity index (χ0n) is 14.4. The van der Waals surface area contributed by atoms with Gasteiger partial charge in [-0.25, -0.2) is 4.98 Å². The molecule has 0 radical (unpaired) electrons. The van der Waals surface area contributed by atoms with Crippen LogP contribution in [-0.4, -0.2) is 50.8 Å². The van der Waals surface area contributed by atoms with Gasteiger partial charge in [0.1, 0.15) is 6.33 Å². The van der Waals surface area contributed by atoms with E-state index in [0.29, 0.717) is 24.5 Å². The van der Waals surface area contributed by atoms with Crippen molar-refractivity contribution in [2.45, 2.75) is 12.5 Å². The zero-order chi connectivity index (χ0) is 17.9. The van der Waals surface area contributed by atoms with Gasteiger partial charge in [-0.3, -0.25) is 4.79 Å². The third-order valence-corrected chi connectivity index (χ3v) is 4.64. The summed E-state index contributed by atoms with van der Waals surface area (Å²) in [6, 6.07) is 13.6. The van der Waals surface area contributed by atoms with Crippen molar-refractivity contribution in [2.24, 2.45) is 0 Å². The van der Waals surface area contributed by atoms with E-state index in [4.69, 9.17) is 4.74 Å². The largest absolute Gasteiger partial charge is 0.481 e. The highest BCUT2D eigenvalue weighted by Crippen LogP contribution is 2.27. The topological polar surface area (TPSA) is 73.1 Å². The molecule has 0 saturated carbocycles. The van der Waals surface area contributed by atoms with Crippen molar-refractivity contribution >= 4 is 5.91 Å². The standard InChI is InChI=1S/C19H19N5O2/c1-26-17-8-7-15(11-20-17)19(25)23-10-9-16(12-23)24-13-21-22-18(24)14-5-3-2-4-6-14/h2-8,11,13,16H,9-10,12H2,1H3/t16-/m0/s1. The van der Waals surface area contributed by atoms with Gasteiger partial charge in [-0.05, 0) is 12.5 Å². The molecule has 3 aromatic rings. The number of likely N-dealkylation sites (tertiary alicyclic amines) is 1. The summed E-state index contributed by atoms with van der Waals surface area (Å²) in [6.45, 7) is 1.32. The van der Waals surface area contributed by atoms with Gasteiger partial charge in [-0.2, -0.15) is 0 Å². The van der Waals surface area contributed by atoms with E-state index in [1.165, 1.54) is 0 Å². The van der Waals surface area contributed by atoms with Gasteiger partial charge >= 0.3 is 0 Å². The molecule has 0 N–H and O–H groups in total. The summed E-state index contributed by atoms with van der Waals surface area (Å²) in [5.41, 5.74) is 1.59. The molecule has 26 heavy (non-hydrogen) atoms. The summed E-state index contributed by atoms with van der Waals surface area (Å²) in [4.78, 5) is 18.7. The van der Waals surface area contributed by atoms with E-state index in [0.717, 1.165) is 17.8 Å². The molecule has 0 aliphatic carbocycles. The Morgan fingerprint density at radius 1 is 1.19 bits per heavy atom. The molecular weight excluding hydrogens is 330 g/mol. The lowest BCUT2D eigenvalue weighted by Crippen LogP contribution is -2.29. The number of rotatable bonds is 4. The summed E-state index contributed by atoms with van der Waals surface area (Å²) >= 11 is 0. The van der Waals surface area contributed by atoms with Gasteiger partial charge in [0.25, 0.3) is 5.91 Å². The number of carbonyl (C=O) groups excluding carboxylic acids is 1. The number of pyridine rings is 1. The lowest BCUT2D eigenvalue weighted by molar-refractivity contribution is 0.0787. The predicted octanol–water partition coefficient (Wildman–Crippen LogP) is 2.44. The second-order valence-corrected chi connectivity index (χ2v) is 6.21. The van der Waals surface area contributed by atoms with Crippen molar-refractivity contribution in [1.29, 1.82) is 0 Å². The van der Waals surface area contributed by atoms with E-state index in [1.54, 1.807) is 31.8 Å². The van der Waals surface area contributed by atoms with Crippen molar-refractivity contribution in [3.8, 4) is 17.3 Å². The first-order chi connectivity index (χ1) is 12.8. The molecule has 1 atom stereocenters. The number of methoxy groups -OCH3 is 1. The third-order valence-electron chi connectivity index (χ3n) is 4.64.